The van der Waals surface area contributed by atoms with Crippen molar-refractivity contribution in [3.05, 3.63) is 58.4 Å². The molecule has 0 radical (unpaired) electrons. The van der Waals surface area contributed by atoms with Crippen LogP contribution in [0.15, 0.2) is 30.3 Å². The third-order valence-electron chi connectivity index (χ3n) is 4.24. The van der Waals surface area contributed by atoms with Crippen molar-refractivity contribution in [3.8, 4) is 0 Å². The minimum absolute atomic E-state index is 0.0408. The number of hydrogen-bond acceptors (Lipinski definition) is 3. The molecule has 0 amide bonds. The first kappa shape index (κ1) is 15.5. The highest BCUT2D eigenvalue weighted by molar-refractivity contribution is 6.10. The van der Waals surface area contributed by atoms with E-state index in [1.165, 1.54) is 0 Å². The maximum atomic E-state index is 12.9. The molecular weight excluding hydrogens is 290 g/mol. The average molecular weight is 311 g/mol. The van der Waals surface area contributed by atoms with Crippen molar-refractivity contribution in [1.29, 1.82) is 0 Å². The van der Waals surface area contributed by atoms with E-state index < -0.39 is 0 Å². The van der Waals surface area contributed by atoms with E-state index in [0.29, 0.717) is 5.69 Å². The molecule has 120 valence electrons. The average Bonchev–Trinajstić information content (AvgIpc) is 2.71. The largest absolute Gasteiger partial charge is 0.463 e. The van der Waals surface area contributed by atoms with Gasteiger partial charge in [-0.3, -0.25) is 9.59 Å². The van der Waals surface area contributed by atoms with Gasteiger partial charge in [0.2, 0.25) is 5.78 Å². The van der Waals surface area contributed by atoms with Gasteiger partial charge in [0.1, 0.15) is 0 Å². The molecule has 0 bridgehead atoms. The van der Waals surface area contributed by atoms with E-state index in [4.69, 9.17) is 4.74 Å². The normalized spacial score (nSPS) is 13.5. The molecule has 0 fully saturated rings. The van der Waals surface area contributed by atoms with Crippen molar-refractivity contribution in [2.24, 2.45) is 7.05 Å². The second kappa shape index (κ2) is 6.03. The molecule has 4 nitrogen and oxygen atoms in total. The minimum atomic E-state index is -0.261. The van der Waals surface area contributed by atoms with Crippen LogP contribution in [0, 0.1) is 0 Å². The number of nitrogens with zero attached hydrogens (tertiary/aromatic N) is 1. The quantitative estimate of drug-likeness (QED) is 0.819. The molecule has 0 N–H and O–H groups in total. The zero-order valence-corrected chi connectivity index (χ0v) is 13.8. The summed E-state index contributed by atoms with van der Waals surface area (Å²) in [7, 11) is 1.85. The highest BCUT2D eigenvalue weighted by atomic mass is 16.5. The van der Waals surface area contributed by atoms with Crippen molar-refractivity contribution in [2.75, 3.05) is 0 Å². The van der Waals surface area contributed by atoms with Gasteiger partial charge < -0.3 is 9.30 Å². The number of benzene rings is 1. The number of fused-ring (bicyclic) bond motifs is 2. The van der Waals surface area contributed by atoms with Crippen molar-refractivity contribution < 1.29 is 14.3 Å². The molecule has 1 aromatic heterocycles. The summed E-state index contributed by atoms with van der Waals surface area (Å²) in [4.78, 5) is 24.8. The van der Waals surface area contributed by atoms with Crippen molar-refractivity contribution in [2.45, 2.75) is 39.2 Å². The topological polar surface area (TPSA) is 48.3 Å². The van der Waals surface area contributed by atoms with Crippen LogP contribution in [-0.4, -0.2) is 22.4 Å². The molecule has 0 saturated heterocycles. The molecule has 0 spiro atoms. The van der Waals surface area contributed by atoms with Gasteiger partial charge in [0, 0.05) is 18.3 Å². The molecule has 1 aromatic carbocycles. The molecular formula is C19H21NO3. The van der Waals surface area contributed by atoms with Crippen molar-refractivity contribution in [3.63, 3.8) is 0 Å². The number of carbonyl (C=O) groups is 2. The van der Waals surface area contributed by atoms with E-state index in [-0.39, 0.29) is 24.3 Å². The number of aryl methyl sites for hydroxylation is 2. The third kappa shape index (κ3) is 2.93. The highest BCUT2D eigenvalue weighted by Crippen LogP contribution is 2.27. The summed E-state index contributed by atoms with van der Waals surface area (Å²) in [6.45, 7) is 3.66. The first-order valence-corrected chi connectivity index (χ1v) is 7.97. The third-order valence-corrected chi connectivity index (χ3v) is 4.24. The van der Waals surface area contributed by atoms with Gasteiger partial charge in [0.05, 0.1) is 18.2 Å². The number of ketones is 1. The molecule has 23 heavy (non-hydrogen) atoms. The Morgan fingerprint density at radius 2 is 1.91 bits per heavy atom. The predicted octanol–water partition coefficient (Wildman–Crippen LogP) is 2.85. The van der Waals surface area contributed by atoms with E-state index in [9.17, 15) is 9.59 Å². The highest BCUT2D eigenvalue weighted by Gasteiger charge is 2.26. The second-order valence-corrected chi connectivity index (χ2v) is 6.27. The summed E-state index contributed by atoms with van der Waals surface area (Å²) in [5.41, 5.74) is 4.40. The lowest BCUT2D eigenvalue weighted by Gasteiger charge is -2.10. The Labute approximate surface area is 136 Å². The van der Waals surface area contributed by atoms with Crippen LogP contribution in [0.4, 0.5) is 0 Å². The Morgan fingerprint density at radius 3 is 2.65 bits per heavy atom. The van der Waals surface area contributed by atoms with Crippen LogP contribution >= 0.6 is 0 Å². The molecule has 2 aromatic rings. The Hall–Kier alpha value is -2.36. The number of esters is 1. The summed E-state index contributed by atoms with van der Waals surface area (Å²) in [6.07, 6.45) is 1.71. The smallest absolute Gasteiger partial charge is 0.312 e. The van der Waals surface area contributed by atoms with E-state index in [0.717, 1.165) is 35.2 Å². The Bertz CT molecular complexity index is 771. The maximum Gasteiger partial charge on any atom is 0.312 e. The summed E-state index contributed by atoms with van der Waals surface area (Å²) < 4.78 is 7.06. The van der Waals surface area contributed by atoms with Gasteiger partial charge in [-0.05, 0) is 43.9 Å². The Kier molecular flexibility index (Phi) is 4.07. The van der Waals surface area contributed by atoms with Crippen LogP contribution in [0.2, 0.25) is 0 Å². The lowest BCUT2D eigenvalue weighted by molar-refractivity contribution is -0.146. The fourth-order valence-corrected chi connectivity index (χ4v) is 3.19. The van der Waals surface area contributed by atoms with Crippen LogP contribution in [0.1, 0.15) is 46.7 Å². The minimum Gasteiger partial charge on any atom is -0.463 e. The predicted molar refractivity (Wildman–Crippen MR) is 87.6 cm³/mol. The number of ether oxygens (including phenoxy) is 1. The SMILES string of the molecule is CC(C)OC(=O)Cc1cc2c(n1C)C(=O)c1ccccc1CC2. The summed E-state index contributed by atoms with van der Waals surface area (Å²) >= 11 is 0. The van der Waals surface area contributed by atoms with Gasteiger partial charge in [-0.15, -0.1) is 0 Å². The molecule has 1 aliphatic carbocycles. The lowest BCUT2D eigenvalue weighted by Crippen LogP contribution is -2.16. The van der Waals surface area contributed by atoms with Crippen molar-refractivity contribution in [1.82, 2.24) is 4.57 Å². The number of hydrogen-bond donors (Lipinski definition) is 0. The van der Waals surface area contributed by atoms with Gasteiger partial charge >= 0.3 is 5.97 Å². The van der Waals surface area contributed by atoms with Gasteiger partial charge in [-0.25, -0.2) is 0 Å². The lowest BCUT2D eigenvalue weighted by atomic mass is 10.0. The van der Waals surface area contributed by atoms with Gasteiger partial charge in [-0.2, -0.15) is 0 Å². The number of rotatable bonds is 3. The number of carbonyl (C=O) groups excluding carboxylic acids is 2. The van der Waals surface area contributed by atoms with Crippen LogP contribution < -0.4 is 0 Å². The molecule has 0 unspecified atom stereocenters. The summed E-state index contributed by atoms with van der Waals surface area (Å²) in [6, 6.07) is 9.73. The Balaban J connectivity index is 1.95. The van der Waals surface area contributed by atoms with E-state index in [2.05, 4.69) is 0 Å². The molecule has 0 atom stereocenters. The maximum absolute atomic E-state index is 12.9. The van der Waals surface area contributed by atoms with Gasteiger partial charge in [-0.1, -0.05) is 24.3 Å². The molecule has 4 heteroatoms. The van der Waals surface area contributed by atoms with Gasteiger partial charge in [0.15, 0.2) is 0 Å². The van der Waals surface area contributed by atoms with Gasteiger partial charge in [0.25, 0.3) is 0 Å². The zero-order valence-electron chi connectivity index (χ0n) is 13.8. The van der Waals surface area contributed by atoms with E-state index in [1.807, 2.05) is 55.8 Å². The summed E-state index contributed by atoms with van der Waals surface area (Å²) in [5, 5.41) is 0. The molecule has 0 aliphatic heterocycles. The molecule has 1 aliphatic rings. The van der Waals surface area contributed by atoms with Crippen LogP contribution in [0.3, 0.4) is 0 Å². The standard InChI is InChI=1S/C19H21NO3/c1-12(2)23-17(21)11-15-10-14-9-8-13-6-4-5-7-16(13)19(22)18(14)20(15)3/h4-7,10,12H,8-9,11H2,1-3H3. The number of aromatic nitrogens is 1. The fraction of sp³-hybridized carbons (Fsp3) is 0.368. The first-order valence-electron chi connectivity index (χ1n) is 7.97. The monoisotopic (exact) mass is 311 g/mol. The molecule has 1 heterocycles. The Morgan fingerprint density at radius 1 is 1.22 bits per heavy atom. The van der Waals surface area contributed by atoms with E-state index in [1.54, 1.807) is 0 Å². The van der Waals surface area contributed by atoms with E-state index >= 15 is 0 Å². The van der Waals surface area contributed by atoms with Crippen LogP contribution in [0.25, 0.3) is 0 Å². The molecule has 0 saturated carbocycles. The van der Waals surface area contributed by atoms with Crippen LogP contribution in [-0.2, 0) is 35.8 Å². The first-order chi connectivity index (χ1) is 11.0. The van der Waals surface area contributed by atoms with Crippen molar-refractivity contribution >= 4 is 11.8 Å². The van der Waals surface area contributed by atoms with Crippen LogP contribution in [0.5, 0.6) is 0 Å². The zero-order chi connectivity index (χ0) is 16.6. The fourth-order valence-electron chi connectivity index (χ4n) is 3.19. The molecule has 3 rings (SSSR count). The second-order valence-electron chi connectivity index (χ2n) is 6.27. The summed E-state index contributed by atoms with van der Waals surface area (Å²) in [5.74, 6) is -0.220.